The van der Waals surface area contributed by atoms with Gasteiger partial charge in [0.1, 0.15) is 5.82 Å². The second kappa shape index (κ2) is 8.74. The van der Waals surface area contributed by atoms with Gasteiger partial charge in [0.15, 0.2) is 0 Å². The number of alkyl halides is 6. The molecule has 0 spiro atoms. The molecule has 1 amide bonds. The van der Waals surface area contributed by atoms with Gasteiger partial charge in [-0.1, -0.05) is 0 Å². The standard InChI is InChI=1S/C20H20F6N4O/c1-13(18(31)28-16-5-2-14(3-6-16)19(21,22)23)29-8-10-30(11-9-29)17-7-4-15(12-27-17)20(24,25)26/h2-7,12-13H,8-11H2,1H3,(H,28,31). The molecule has 1 aromatic carbocycles. The van der Waals surface area contributed by atoms with Crippen molar-refractivity contribution in [2.45, 2.75) is 25.3 Å². The zero-order chi connectivity index (χ0) is 22.8. The molecule has 1 saturated heterocycles. The Morgan fingerprint density at radius 1 is 0.903 bits per heavy atom. The molecule has 0 bridgehead atoms. The summed E-state index contributed by atoms with van der Waals surface area (Å²) in [5.74, 6) is 0.0652. The number of piperazine rings is 1. The molecule has 0 aliphatic carbocycles. The third-order valence-corrected chi connectivity index (χ3v) is 5.12. The summed E-state index contributed by atoms with van der Waals surface area (Å²) in [5, 5.41) is 2.60. The van der Waals surface area contributed by atoms with E-state index in [1.165, 1.54) is 18.2 Å². The fourth-order valence-electron chi connectivity index (χ4n) is 3.23. The van der Waals surface area contributed by atoms with Gasteiger partial charge in [-0.3, -0.25) is 9.69 Å². The molecule has 11 heteroatoms. The molecule has 1 aromatic heterocycles. The van der Waals surface area contributed by atoms with E-state index in [9.17, 15) is 31.1 Å². The predicted octanol–water partition coefficient (Wildman–Crippen LogP) is 4.27. The normalized spacial score (nSPS) is 16.8. The van der Waals surface area contributed by atoms with E-state index in [2.05, 4.69) is 10.3 Å². The number of halogens is 6. The molecule has 1 fully saturated rings. The van der Waals surface area contributed by atoms with Crippen LogP contribution in [0.5, 0.6) is 0 Å². The first-order chi connectivity index (χ1) is 14.4. The molecule has 168 valence electrons. The highest BCUT2D eigenvalue weighted by Gasteiger charge is 2.32. The Morgan fingerprint density at radius 2 is 1.45 bits per heavy atom. The highest BCUT2D eigenvalue weighted by atomic mass is 19.4. The number of carbonyl (C=O) groups is 1. The Balaban J connectivity index is 1.53. The first kappa shape index (κ1) is 22.9. The smallest absolute Gasteiger partial charge is 0.354 e. The number of benzene rings is 1. The maximum atomic E-state index is 12.7. The van der Waals surface area contributed by atoms with Crippen LogP contribution in [-0.4, -0.2) is 48.0 Å². The highest BCUT2D eigenvalue weighted by Crippen LogP contribution is 2.30. The summed E-state index contributed by atoms with van der Waals surface area (Å²) < 4.78 is 75.9. The molecule has 2 aromatic rings. The van der Waals surface area contributed by atoms with Crippen LogP contribution < -0.4 is 10.2 Å². The summed E-state index contributed by atoms with van der Waals surface area (Å²) in [5.41, 5.74) is -1.35. The topological polar surface area (TPSA) is 48.5 Å². The van der Waals surface area contributed by atoms with Gasteiger partial charge in [0, 0.05) is 38.1 Å². The summed E-state index contributed by atoms with van der Waals surface area (Å²) in [4.78, 5) is 20.1. The van der Waals surface area contributed by atoms with Gasteiger partial charge in [0.05, 0.1) is 17.2 Å². The van der Waals surface area contributed by atoms with Crippen LogP contribution in [0.4, 0.5) is 37.8 Å². The summed E-state index contributed by atoms with van der Waals surface area (Å²) in [6.45, 7) is 3.58. The van der Waals surface area contributed by atoms with Crippen molar-refractivity contribution in [3.05, 3.63) is 53.7 Å². The Labute approximate surface area is 174 Å². The maximum Gasteiger partial charge on any atom is 0.417 e. The number of pyridine rings is 1. The Morgan fingerprint density at radius 3 is 1.94 bits per heavy atom. The zero-order valence-electron chi connectivity index (χ0n) is 16.5. The number of nitrogens with zero attached hydrogens (tertiary/aromatic N) is 3. The van der Waals surface area contributed by atoms with Gasteiger partial charge in [-0.25, -0.2) is 4.98 Å². The molecular weight excluding hydrogens is 426 g/mol. The maximum absolute atomic E-state index is 12.7. The van der Waals surface area contributed by atoms with Crippen LogP contribution in [-0.2, 0) is 17.1 Å². The predicted molar refractivity (Wildman–Crippen MR) is 103 cm³/mol. The number of hydrogen-bond donors (Lipinski definition) is 1. The Hall–Kier alpha value is -2.82. The summed E-state index contributed by atoms with van der Waals surface area (Å²) in [7, 11) is 0. The van der Waals surface area contributed by atoms with Crippen molar-refractivity contribution in [1.82, 2.24) is 9.88 Å². The SMILES string of the molecule is CC(C(=O)Nc1ccc(C(F)(F)F)cc1)N1CCN(c2ccc(C(F)(F)F)cn2)CC1. The van der Waals surface area contributed by atoms with E-state index in [1.54, 1.807) is 6.92 Å². The van der Waals surface area contributed by atoms with Crippen molar-refractivity contribution in [2.24, 2.45) is 0 Å². The molecule has 31 heavy (non-hydrogen) atoms. The lowest BCUT2D eigenvalue weighted by Crippen LogP contribution is -2.53. The zero-order valence-corrected chi connectivity index (χ0v) is 16.5. The number of rotatable bonds is 4. The monoisotopic (exact) mass is 446 g/mol. The lowest BCUT2D eigenvalue weighted by Gasteiger charge is -2.38. The number of hydrogen-bond acceptors (Lipinski definition) is 4. The molecule has 0 saturated carbocycles. The molecule has 1 aliphatic rings. The number of anilines is 2. The van der Waals surface area contributed by atoms with Gasteiger partial charge in [0.25, 0.3) is 0 Å². The van der Waals surface area contributed by atoms with Gasteiger partial charge in [-0.2, -0.15) is 26.3 Å². The van der Waals surface area contributed by atoms with E-state index in [0.717, 1.165) is 24.4 Å². The molecule has 0 radical (unpaired) electrons. The van der Waals surface area contributed by atoms with Crippen LogP contribution >= 0.6 is 0 Å². The minimum Gasteiger partial charge on any atom is -0.354 e. The third kappa shape index (κ3) is 5.66. The molecule has 5 nitrogen and oxygen atoms in total. The van der Waals surface area contributed by atoms with Crippen LogP contribution in [0.25, 0.3) is 0 Å². The average molecular weight is 446 g/mol. The van der Waals surface area contributed by atoms with E-state index in [0.29, 0.717) is 32.0 Å². The van der Waals surface area contributed by atoms with Crippen molar-refractivity contribution >= 4 is 17.4 Å². The van der Waals surface area contributed by atoms with Gasteiger partial charge in [-0.05, 0) is 43.3 Å². The summed E-state index contributed by atoms with van der Waals surface area (Å²) in [6, 6.07) is 5.95. The third-order valence-electron chi connectivity index (χ3n) is 5.12. The number of carbonyl (C=O) groups excluding carboxylic acids is 1. The summed E-state index contributed by atoms with van der Waals surface area (Å²) >= 11 is 0. The van der Waals surface area contributed by atoms with Gasteiger partial charge in [-0.15, -0.1) is 0 Å². The van der Waals surface area contributed by atoms with Gasteiger partial charge >= 0.3 is 12.4 Å². The van der Waals surface area contributed by atoms with Crippen molar-refractivity contribution in [2.75, 3.05) is 36.4 Å². The van der Waals surface area contributed by atoms with Gasteiger partial charge < -0.3 is 10.2 Å². The minimum absolute atomic E-state index is 0.262. The van der Waals surface area contributed by atoms with E-state index in [4.69, 9.17) is 0 Å². The van der Waals surface area contributed by atoms with Gasteiger partial charge in [0.2, 0.25) is 5.91 Å². The number of nitrogens with one attached hydrogen (secondary N) is 1. The highest BCUT2D eigenvalue weighted by molar-refractivity contribution is 5.94. The van der Waals surface area contributed by atoms with E-state index >= 15 is 0 Å². The Kier molecular flexibility index (Phi) is 6.44. The van der Waals surface area contributed by atoms with E-state index in [1.807, 2.05) is 9.80 Å². The van der Waals surface area contributed by atoms with Crippen LogP contribution in [0.2, 0.25) is 0 Å². The first-order valence-corrected chi connectivity index (χ1v) is 9.45. The molecule has 1 N–H and O–H groups in total. The fourth-order valence-corrected chi connectivity index (χ4v) is 3.23. The largest absolute Gasteiger partial charge is 0.417 e. The quantitative estimate of drug-likeness (QED) is 0.713. The fraction of sp³-hybridized carbons (Fsp3) is 0.400. The van der Waals surface area contributed by atoms with Crippen molar-refractivity contribution < 1.29 is 31.1 Å². The van der Waals surface area contributed by atoms with E-state index in [-0.39, 0.29) is 11.6 Å². The second-order valence-electron chi connectivity index (χ2n) is 7.17. The Bertz CT molecular complexity index is 888. The summed E-state index contributed by atoms with van der Waals surface area (Å²) in [6.07, 6.45) is -8.10. The molecule has 1 aliphatic heterocycles. The van der Waals surface area contributed by atoms with Crippen LogP contribution in [0.15, 0.2) is 42.6 Å². The van der Waals surface area contributed by atoms with E-state index < -0.39 is 29.5 Å². The minimum atomic E-state index is -4.45. The molecule has 3 rings (SSSR count). The van der Waals surface area contributed by atoms with Crippen molar-refractivity contribution in [3.63, 3.8) is 0 Å². The van der Waals surface area contributed by atoms with Crippen molar-refractivity contribution in [1.29, 1.82) is 0 Å². The second-order valence-corrected chi connectivity index (χ2v) is 7.17. The number of aromatic nitrogens is 1. The lowest BCUT2D eigenvalue weighted by molar-refractivity contribution is -0.138. The molecule has 2 heterocycles. The lowest BCUT2D eigenvalue weighted by atomic mass is 10.1. The molecule has 1 unspecified atom stereocenters. The average Bonchev–Trinajstić information content (AvgIpc) is 2.72. The van der Waals surface area contributed by atoms with Crippen molar-refractivity contribution in [3.8, 4) is 0 Å². The van der Waals surface area contributed by atoms with Crippen LogP contribution in [0.1, 0.15) is 18.1 Å². The first-order valence-electron chi connectivity index (χ1n) is 9.45. The van der Waals surface area contributed by atoms with Crippen LogP contribution in [0, 0.1) is 0 Å². The number of amides is 1. The molecular formula is C20H20F6N4O. The molecule has 1 atom stereocenters. The van der Waals surface area contributed by atoms with Crippen LogP contribution in [0.3, 0.4) is 0 Å².